The molecule has 0 saturated carbocycles. The Hall–Kier alpha value is -4.94. The van der Waals surface area contributed by atoms with Gasteiger partial charge in [-0.2, -0.15) is 0 Å². The van der Waals surface area contributed by atoms with Crippen LogP contribution < -0.4 is 0 Å². The summed E-state index contributed by atoms with van der Waals surface area (Å²) in [6.07, 6.45) is 0. The van der Waals surface area contributed by atoms with Crippen LogP contribution in [0.15, 0.2) is 146 Å². The van der Waals surface area contributed by atoms with Crippen LogP contribution in [0.3, 0.4) is 0 Å². The van der Waals surface area contributed by atoms with Crippen molar-refractivity contribution in [2.24, 2.45) is 0 Å². The third-order valence-electron chi connectivity index (χ3n) is 7.87. The van der Waals surface area contributed by atoms with E-state index in [0.717, 1.165) is 0 Å². The molecular weight excluding hydrogens is 456 g/mol. The van der Waals surface area contributed by atoms with Crippen LogP contribution in [0.4, 0.5) is 0 Å². The zero-order chi connectivity index (χ0) is 25.1. The third kappa shape index (κ3) is 3.24. The van der Waals surface area contributed by atoms with E-state index in [2.05, 4.69) is 146 Å². The molecule has 0 aromatic heterocycles. The van der Waals surface area contributed by atoms with Gasteiger partial charge < -0.3 is 0 Å². The predicted octanol–water partition coefficient (Wildman–Crippen LogP) is 9.99. The standard InChI is InChI=1S/C38H24/c1-5-13-25(14-6-1)29-21-22-30(26-15-7-2-8-16-26)34-33(29)37(34)38-35-31(27-17-9-3-10-18-27)23-24-32(36(35)38)28-19-11-4-12-20-28/h1-24H. The van der Waals surface area contributed by atoms with Crippen LogP contribution >= 0.6 is 0 Å². The molecule has 0 amide bonds. The molecule has 0 aliphatic heterocycles. The number of hydrogen-bond acceptors (Lipinski definition) is 0. The van der Waals surface area contributed by atoms with Crippen molar-refractivity contribution in [3.63, 3.8) is 0 Å². The van der Waals surface area contributed by atoms with Gasteiger partial charge in [0.2, 0.25) is 0 Å². The molecule has 0 spiro atoms. The van der Waals surface area contributed by atoms with E-state index in [0.29, 0.717) is 0 Å². The van der Waals surface area contributed by atoms with Gasteiger partial charge in [0.05, 0.1) is 0 Å². The molecule has 0 atom stereocenters. The molecule has 8 rings (SSSR count). The van der Waals surface area contributed by atoms with Crippen molar-refractivity contribution in [2.75, 3.05) is 0 Å². The Morgan fingerprint density at radius 3 is 0.632 bits per heavy atom. The second kappa shape index (κ2) is 8.30. The normalized spacial score (nSPS) is 12.6. The highest BCUT2D eigenvalue weighted by Crippen LogP contribution is 2.65. The van der Waals surface area contributed by atoms with Gasteiger partial charge in [0.25, 0.3) is 0 Å². The van der Waals surface area contributed by atoms with Crippen LogP contribution in [0.1, 0.15) is 22.3 Å². The second-order valence-electron chi connectivity index (χ2n) is 10.0. The summed E-state index contributed by atoms with van der Waals surface area (Å²) in [5.41, 5.74) is 18.8. The topological polar surface area (TPSA) is 0 Å². The van der Waals surface area contributed by atoms with Crippen molar-refractivity contribution in [1.29, 1.82) is 0 Å². The van der Waals surface area contributed by atoms with Crippen molar-refractivity contribution in [3.05, 3.63) is 168 Å². The summed E-state index contributed by atoms with van der Waals surface area (Å²) in [6.45, 7) is 0. The quantitative estimate of drug-likeness (QED) is 0.235. The molecule has 176 valence electrons. The lowest BCUT2D eigenvalue weighted by atomic mass is 10.0. The largest absolute Gasteiger partial charge is 0.0622 e. The van der Waals surface area contributed by atoms with E-state index >= 15 is 0 Å². The van der Waals surface area contributed by atoms with Crippen LogP contribution in [0.25, 0.3) is 55.7 Å². The molecule has 2 aliphatic rings. The maximum Gasteiger partial charge on any atom is -0.0000483 e. The van der Waals surface area contributed by atoms with Crippen molar-refractivity contribution in [3.8, 4) is 44.5 Å². The molecule has 0 N–H and O–H groups in total. The van der Waals surface area contributed by atoms with Crippen LogP contribution in [0, 0.1) is 0 Å². The lowest BCUT2D eigenvalue weighted by Crippen LogP contribution is -1.79. The molecular formula is C38H24. The molecule has 0 heteroatoms. The molecule has 0 nitrogen and oxygen atoms in total. The number of fused-ring (bicyclic) bond motifs is 2. The van der Waals surface area contributed by atoms with Gasteiger partial charge in [-0.3, -0.25) is 0 Å². The van der Waals surface area contributed by atoms with Crippen molar-refractivity contribution in [2.45, 2.75) is 0 Å². The lowest BCUT2D eigenvalue weighted by molar-refractivity contribution is 1.61. The fourth-order valence-electron chi connectivity index (χ4n) is 6.05. The highest BCUT2D eigenvalue weighted by atomic mass is 14.5. The Morgan fingerprint density at radius 2 is 0.421 bits per heavy atom. The zero-order valence-corrected chi connectivity index (χ0v) is 20.9. The predicted molar refractivity (Wildman–Crippen MR) is 160 cm³/mol. The average Bonchev–Trinajstić information content (AvgIpc) is 3.91. The Balaban J connectivity index is 1.39. The fourth-order valence-corrected chi connectivity index (χ4v) is 6.05. The fraction of sp³-hybridized carbons (Fsp3) is 0. The van der Waals surface area contributed by atoms with Gasteiger partial charge in [-0.05, 0) is 77.9 Å². The van der Waals surface area contributed by atoms with E-state index in [1.54, 1.807) is 0 Å². The Morgan fingerprint density at radius 1 is 0.211 bits per heavy atom. The number of benzene rings is 6. The van der Waals surface area contributed by atoms with Crippen molar-refractivity contribution in [1.82, 2.24) is 0 Å². The molecule has 38 heavy (non-hydrogen) atoms. The lowest BCUT2D eigenvalue weighted by Gasteiger charge is -2.03. The molecule has 0 fully saturated rings. The summed E-state index contributed by atoms with van der Waals surface area (Å²) in [4.78, 5) is 0. The van der Waals surface area contributed by atoms with E-state index in [-0.39, 0.29) is 0 Å². The minimum Gasteiger partial charge on any atom is -0.0622 e. The van der Waals surface area contributed by atoms with Gasteiger partial charge in [0, 0.05) is 0 Å². The van der Waals surface area contributed by atoms with E-state index < -0.39 is 0 Å². The van der Waals surface area contributed by atoms with Gasteiger partial charge in [-0.25, -0.2) is 0 Å². The van der Waals surface area contributed by atoms with Gasteiger partial charge in [-0.1, -0.05) is 146 Å². The summed E-state index contributed by atoms with van der Waals surface area (Å²) < 4.78 is 0. The van der Waals surface area contributed by atoms with E-state index in [9.17, 15) is 0 Å². The second-order valence-corrected chi connectivity index (χ2v) is 10.0. The molecule has 0 heterocycles. The van der Waals surface area contributed by atoms with E-state index in [4.69, 9.17) is 0 Å². The first-order chi connectivity index (χ1) is 18.9. The highest BCUT2D eigenvalue weighted by molar-refractivity contribution is 6.31. The van der Waals surface area contributed by atoms with Gasteiger partial charge in [-0.15, -0.1) is 0 Å². The van der Waals surface area contributed by atoms with Gasteiger partial charge >= 0.3 is 0 Å². The minimum absolute atomic E-state index is 1.27. The minimum atomic E-state index is 1.27. The van der Waals surface area contributed by atoms with Gasteiger partial charge in [0.1, 0.15) is 0 Å². The molecule has 2 aliphatic carbocycles. The third-order valence-corrected chi connectivity index (χ3v) is 7.87. The van der Waals surface area contributed by atoms with E-state index in [1.165, 1.54) is 77.9 Å². The Labute approximate surface area is 223 Å². The Bertz CT molecular complexity index is 1580. The van der Waals surface area contributed by atoms with Gasteiger partial charge in [0.15, 0.2) is 0 Å². The molecule has 0 unspecified atom stereocenters. The number of rotatable bonds is 4. The van der Waals surface area contributed by atoms with Crippen LogP contribution in [0.5, 0.6) is 0 Å². The molecule has 6 aromatic rings. The molecule has 0 saturated heterocycles. The molecule has 0 radical (unpaired) electrons. The first-order valence-corrected chi connectivity index (χ1v) is 13.2. The monoisotopic (exact) mass is 480 g/mol. The summed E-state index contributed by atoms with van der Waals surface area (Å²) in [7, 11) is 0. The Kier molecular flexibility index (Phi) is 4.62. The van der Waals surface area contributed by atoms with Crippen molar-refractivity contribution < 1.29 is 0 Å². The SMILES string of the molecule is c1ccc(-c2ccc(-c3ccccc3)c3c2C3=C2c3c(-c4ccccc4)ccc(-c4ccccc4)c32)cc1. The first kappa shape index (κ1) is 21.2. The number of hydrogen-bond donors (Lipinski definition) is 0. The summed E-state index contributed by atoms with van der Waals surface area (Å²) in [6, 6.07) is 52.5. The van der Waals surface area contributed by atoms with Crippen LogP contribution in [-0.4, -0.2) is 0 Å². The molecule has 0 bridgehead atoms. The first-order valence-electron chi connectivity index (χ1n) is 13.2. The smallest absolute Gasteiger partial charge is 0.0000483 e. The summed E-state index contributed by atoms with van der Waals surface area (Å²) in [5, 5.41) is 0. The summed E-state index contributed by atoms with van der Waals surface area (Å²) >= 11 is 0. The maximum absolute atomic E-state index is 2.31. The van der Waals surface area contributed by atoms with E-state index in [1.807, 2.05) is 0 Å². The zero-order valence-electron chi connectivity index (χ0n) is 20.9. The van der Waals surface area contributed by atoms with Crippen molar-refractivity contribution >= 4 is 11.1 Å². The summed E-state index contributed by atoms with van der Waals surface area (Å²) in [5.74, 6) is 0. The average molecular weight is 481 g/mol. The van der Waals surface area contributed by atoms with Crippen LogP contribution in [-0.2, 0) is 0 Å². The van der Waals surface area contributed by atoms with Crippen LogP contribution in [0.2, 0.25) is 0 Å². The highest BCUT2D eigenvalue weighted by Gasteiger charge is 2.44. The molecule has 6 aromatic carbocycles. The maximum atomic E-state index is 2.31.